The monoisotopic (exact) mass is 296 g/mol. The molecule has 0 heterocycles. The van der Waals surface area contributed by atoms with E-state index in [2.05, 4.69) is 0 Å². The maximum atomic E-state index is 11.5. The standard InChI is InChI=1S/C7H9N2O7PS/c10-9(11)6-1-3-7(4-2-6)18(15,16)8-5-17(12,13)14/h1-4,8H,5H2,(H2,12,13,14). The van der Waals surface area contributed by atoms with Crippen molar-refractivity contribution in [3.8, 4) is 0 Å². The van der Waals surface area contributed by atoms with E-state index in [-0.39, 0.29) is 10.6 Å². The Morgan fingerprint density at radius 3 is 2.17 bits per heavy atom. The number of sulfonamides is 1. The van der Waals surface area contributed by atoms with Gasteiger partial charge in [-0.05, 0) is 12.1 Å². The zero-order valence-corrected chi connectivity index (χ0v) is 10.5. The van der Waals surface area contributed by atoms with E-state index in [1.807, 2.05) is 0 Å². The van der Waals surface area contributed by atoms with Crippen LogP contribution < -0.4 is 4.72 Å². The number of benzene rings is 1. The Kier molecular flexibility index (Phi) is 4.20. The largest absolute Gasteiger partial charge is 0.340 e. The van der Waals surface area contributed by atoms with Crippen LogP contribution in [0.25, 0.3) is 0 Å². The molecule has 0 spiro atoms. The van der Waals surface area contributed by atoms with Crippen molar-refractivity contribution in [1.82, 2.24) is 4.72 Å². The molecule has 0 unspecified atom stereocenters. The second-order valence-corrected chi connectivity index (χ2v) is 6.63. The van der Waals surface area contributed by atoms with Crippen LogP contribution in [0.15, 0.2) is 29.2 Å². The first kappa shape index (κ1) is 14.7. The zero-order chi connectivity index (χ0) is 14.0. The third-order valence-electron chi connectivity index (χ3n) is 1.82. The van der Waals surface area contributed by atoms with Gasteiger partial charge in [-0.2, -0.15) is 4.72 Å². The summed E-state index contributed by atoms with van der Waals surface area (Å²) in [6.45, 7) is 0. The number of non-ortho nitro benzene ring substituents is 1. The number of hydrogen-bond donors (Lipinski definition) is 3. The molecule has 1 rings (SSSR count). The minimum absolute atomic E-state index is 0.288. The predicted octanol–water partition coefficient (Wildman–Crippen LogP) is 0.00830. The number of nitrogens with one attached hydrogen (secondary N) is 1. The number of nitro groups is 1. The molecular formula is C7H9N2O7PS. The van der Waals surface area contributed by atoms with Crippen LogP contribution in [0, 0.1) is 10.1 Å². The van der Waals surface area contributed by atoms with E-state index in [0.29, 0.717) is 0 Å². The average Bonchev–Trinajstić information content (AvgIpc) is 2.26. The summed E-state index contributed by atoms with van der Waals surface area (Å²) in [5.74, 6) is 0. The minimum atomic E-state index is -4.51. The van der Waals surface area contributed by atoms with Gasteiger partial charge in [-0.1, -0.05) is 0 Å². The Balaban J connectivity index is 2.92. The lowest BCUT2D eigenvalue weighted by Crippen LogP contribution is -2.24. The second-order valence-electron chi connectivity index (χ2n) is 3.22. The molecule has 3 N–H and O–H groups in total. The van der Waals surface area contributed by atoms with Crippen LogP contribution in [0.5, 0.6) is 0 Å². The lowest BCUT2D eigenvalue weighted by atomic mass is 10.3. The average molecular weight is 296 g/mol. The van der Waals surface area contributed by atoms with Crippen molar-refractivity contribution in [1.29, 1.82) is 0 Å². The van der Waals surface area contributed by atoms with E-state index in [4.69, 9.17) is 9.79 Å². The van der Waals surface area contributed by atoms with E-state index in [1.54, 1.807) is 4.72 Å². The van der Waals surface area contributed by atoms with E-state index in [0.717, 1.165) is 24.3 Å². The molecule has 0 aliphatic rings. The molecule has 0 fully saturated rings. The molecule has 0 saturated carbocycles. The van der Waals surface area contributed by atoms with Gasteiger partial charge in [0.2, 0.25) is 10.0 Å². The molecule has 9 nitrogen and oxygen atoms in total. The Morgan fingerprint density at radius 1 is 1.28 bits per heavy atom. The molecule has 100 valence electrons. The predicted molar refractivity (Wildman–Crippen MR) is 60.3 cm³/mol. The zero-order valence-electron chi connectivity index (χ0n) is 8.75. The summed E-state index contributed by atoms with van der Waals surface area (Å²) in [5, 5.41) is 10.4. The molecular weight excluding hydrogens is 287 g/mol. The quantitative estimate of drug-likeness (QED) is 0.394. The number of rotatable bonds is 5. The molecule has 0 atom stereocenters. The highest BCUT2D eigenvalue weighted by Crippen LogP contribution is 2.32. The van der Waals surface area contributed by atoms with Crippen molar-refractivity contribution in [2.24, 2.45) is 0 Å². The topological polar surface area (TPSA) is 147 Å². The van der Waals surface area contributed by atoms with Crippen molar-refractivity contribution < 1.29 is 27.7 Å². The van der Waals surface area contributed by atoms with E-state index in [1.165, 1.54) is 0 Å². The van der Waals surface area contributed by atoms with E-state index >= 15 is 0 Å². The number of nitrogens with zero attached hydrogens (tertiary/aromatic N) is 1. The fraction of sp³-hybridized carbons (Fsp3) is 0.143. The van der Waals surface area contributed by atoms with Crippen LogP contribution >= 0.6 is 7.60 Å². The molecule has 0 bridgehead atoms. The van der Waals surface area contributed by atoms with Gasteiger partial charge in [-0.25, -0.2) is 8.42 Å². The van der Waals surface area contributed by atoms with Gasteiger partial charge < -0.3 is 9.79 Å². The van der Waals surface area contributed by atoms with Crippen LogP contribution in [0.2, 0.25) is 0 Å². The lowest BCUT2D eigenvalue weighted by Gasteiger charge is -2.07. The summed E-state index contributed by atoms with van der Waals surface area (Å²) in [4.78, 5) is 26.4. The molecule has 0 amide bonds. The van der Waals surface area contributed by atoms with Crippen molar-refractivity contribution in [3.05, 3.63) is 34.4 Å². The maximum absolute atomic E-state index is 11.5. The first-order chi connectivity index (χ1) is 8.12. The smallest absolute Gasteiger partial charge is 0.324 e. The summed E-state index contributed by atoms with van der Waals surface area (Å²) in [7, 11) is -8.61. The van der Waals surface area contributed by atoms with Crippen molar-refractivity contribution in [2.75, 3.05) is 6.29 Å². The van der Waals surface area contributed by atoms with Crippen molar-refractivity contribution in [2.45, 2.75) is 4.90 Å². The lowest BCUT2D eigenvalue weighted by molar-refractivity contribution is -0.384. The maximum Gasteiger partial charge on any atom is 0.340 e. The van der Waals surface area contributed by atoms with Crippen LogP contribution in [-0.4, -0.2) is 29.4 Å². The summed E-state index contributed by atoms with van der Waals surface area (Å²) in [6.07, 6.45) is -1.04. The first-order valence-corrected chi connectivity index (χ1v) is 7.68. The molecule has 18 heavy (non-hydrogen) atoms. The Hall–Kier alpha value is -1.32. The molecule has 0 radical (unpaired) electrons. The number of hydrogen-bond acceptors (Lipinski definition) is 5. The normalized spacial score (nSPS) is 12.3. The fourth-order valence-electron chi connectivity index (χ4n) is 0.999. The van der Waals surface area contributed by atoms with Gasteiger partial charge in [-0.3, -0.25) is 14.7 Å². The van der Waals surface area contributed by atoms with Gasteiger partial charge in [0.1, 0.15) is 6.29 Å². The van der Waals surface area contributed by atoms with Gasteiger partial charge in [-0.15, -0.1) is 0 Å². The number of nitro benzene ring substituents is 1. The minimum Gasteiger partial charge on any atom is -0.324 e. The Bertz CT molecular complexity index is 591. The molecule has 11 heteroatoms. The molecule has 1 aromatic carbocycles. The highest BCUT2D eigenvalue weighted by Gasteiger charge is 2.20. The van der Waals surface area contributed by atoms with Crippen molar-refractivity contribution >= 4 is 23.3 Å². The Labute approximate surface area is 102 Å². The van der Waals surface area contributed by atoms with E-state index < -0.39 is 28.8 Å². The van der Waals surface area contributed by atoms with Gasteiger partial charge in [0, 0.05) is 12.1 Å². The summed E-state index contributed by atoms with van der Waals surface area (Å²) >= 11 is 0. The second kappa shape index (κ2) is 5.12. The van der Waals surface area contributed by atoms with Gasteiger partial charge in [0.25, 0.3) is 5.69 Å². The van der Waals surface area contributed by atoms with Crippen LogP contribution in [0.3, 0.4) is 0 Å². The molecule has 0 aliphatic heterocycles. The molecule has 0 aromatic heterocycles. The third-order valence-corrected chi connectivity index (χ3v) is 4.02. The molecule has 0 saturated heterocycles. The third kappa shape index (κ3) is 4.17. The van der Waals surface area contributed by atoms with Crippen LogP contribution in [0.1, 0.15) is 0 Å². The van der Waals surface area contributed by atoms with Crippen LogP contribution in [0.4, 0.5) is 5.69 Å². The summed E-state index contributed by atoms with van der Waals surface area (Å²) in [5.41, 5.74) is -0.288. The first-order valence-electron chi connectivity index (χ1n) is 4.40. The van der Waals surface area contributed by atoms with Gasteiger partial charge in [0.15, 0.2) is 0 Å². The molecule has 0 aliphatic carbocycles. The highest BCUT2D eigenvalue weighted by atomic mass is 32.2. The van der Waals surface area contributed by atoms with Gasteiger partial charge in [0.05, 0.1) is 9.82 Å². The van der Waals surface area contributed by atoms with Crippen molar-refractivity contribution in [3.63, 3.8) is 0 Å². The summed E-state index contributed by atoms with van der Waals surface area (Å²) in [6, 6.07) is 3.90. The van der Waals surface area contributed by atoms with Gasteiger partial charge >= 0.3 is 7.60 Å². The summed E-state index contributed by atoms with van der Waals surface area (Å²) < 4.78 is 35.3. The highest BCUT2D eigenvalue weighted by molar-refractivity contribution is 7.89. The SMILES string of the molecule is O=[N+]([O-])c1ccc(S(=O)(=O)NCP(=O)(O)O)cc1. The molecule has 1 aromatic rings. The van der Waals surface area contributed by atoms with Crippen LogP contribution in [-0.2, 0) is 14.6 Å². The van der Waals surface area contributed by atoms with E-state index in [9.17, 15) is 23.1 Å². The Morgan fingerprint density at radius 2 is 1.78 bits per heavy atom. The fourth-order valence-corrected chi connectivity index (χ4v) is 3.01.